The summed E-state index contributed by atoms with van der Waals surface area (Å²) in [6.45, 7) is 3.89. The van der Waals surface area contributed by atoms with Gasteiger partial charge in [-0.15, -0.1) is 0 Å². The summed E-state index contributed by atoms with van der Waals surface area (Å²) < 4.78 is 35.2. The van der Waals surface area contributed by atoms with Crippen LogP contribution in [-0.4, -0.2) is 35.7 Å². The number of imidazole rings is 1. The standard InChI is InChI=1S/C22H21N3O4S/c1-14(2)28-17-11-15(21-24-20-5-4-10-23-22(20)25-21)12-18(13-17)29-16-6-8-19(9-7-16)30(3,26)27/h4-14H,1-3H3,(H,23,24,25). The quantitative estimate of drug-likeness (QED) is 0.487. The summed E-state index contributed by atoms with van der Waals surface area (Å²) in [7, 11) is -3.26. The van der Waals surface area contributed by atoms with Crippen molar-refractivity contribution >= 4 is 21.0 Å². The average Bonchev–Trinajstić information content (AvgIpc) is 3.11. The molecular formula is C22H21N3O4S. The molecule has 154 valence electrons. The Morgan fingerprint density at radius 3 is 2.37 bits per heavy atom. The molecule has 0 unspecified atom stereocenters. The van der Waals surface area contributed by atoms with Crippen molar-refractivity contribution in [1.82, 2.24) is 15.0 Å². The fourth-order valence-electron chi connectivity index (χ4n) is 2.98. The summed E-state index contributed by atoms with van der Waals surface area (Å²) in [5, 5.41) is 0. The second-order valence-corrected chi connectivity index (χ2v) is 9.18. The number of aromatic amines is 1. The normalized spacial score (nSPS) is 11.7. The minimum Gasteiger partial charge on any atom is -0.491 e. The number of pyridine rings is 1. The first-order valence-corrected chi connectivity index (χ1v) is 11.3. The summed E-state index contributed by atoms with van der Waals surface area (Å²) in [5.41, 5.74) is 2.25. The van der Waals surface area contributed by atoms with Gasteiger partial charge in [0.05, 0.1) is 16.5 Å². The molecule has 0 fully saturated rings. The molecule has 0 atom stereocenters. The van der Waals surface area contributed by atoms with E-state index in [0.717, 1.165) is 11.1 Å². The maximum absolute atomic E-state index is 11.7. The summed E-state index contributed by atoms with van der Waals surface area (Å²) in [6.07, 6.45) is 2.85. The van der Waals surface area contributed by atoms with Crippen LogP contribution in [0.3, 0.4) is 0 Å². The maximum Gasteiger partial charge on any atom is 0.178 e. The van der Waals surface area contributed by atoms with Gasteiger partial charge in [0.1, 0.15) is 23.1 Å². The highest BCUT2D eigenvalue weighted by molar-refractivity contribution is 7.90. The molecule has 0 aliphatic carbocycles. The Morgan fingerprint density at radius 2 is 1.70 bits per heavy atom. The number of H-pyrrole nitrogens is 1. The average molecular weight is 423 g/mol. The van der Waals surface area contributed by atoms with Crippen LogP contribution in [0.25, 0.3) is 22.6 Å². The molecule has 2 heterocycles. The third-order valence-electron chi connectivity index (χ3n) is 4.27. The van der Waals surface area contributed by atoms with E-state index in [1.54, 1.807) is 24.4 Å². The Labute approximate surface area is 174 Å². The fraction of sp³-hybridized carbons (Fsp3) is 0.182. The van der Waals surface area contributed by atoms with Crippen molar-refractivity contribution in [2.75, 3.05) is 6.26 Å². The highest BCUT2D eigenvalue weighted by atomic mass is 32.2. The Balaban J connectivity index is 1.71. The summed E-state index contributed by atoms with van der Waals surface area (Å²) >= 11 is 0. The predicted molar refractivity (Wildman–Crippen MR) is 115 cm³/mol. The van der Waals surface area contributed by atoms with E-state index < -0.39 is 9.84 Å². The number of nitrogens with one attached hydrogen (secondary N) is 1. The molecule has 0 bridgehead atoms. The minimum atomic E-state index is -3.26. The van der Waals surface area contributed by atoms with Crippen LogP contribution < -0.4 is 9.47 Å². The van der Waals surface area contributed by atoms with Crippen LogP contribution in [0, 0.1) is 0 Å². The number of hydrogen-bond acceptors (Lipinski definition) is 6. The third-order valence-corrected chi connectivity index (χ3v) is 5.40. The zero-order chi connectivity index (χ0) is 21.3. The van der Waals surface area contributed by atoms with Crippen molar-refractivity contribution in [3.8, 4) is 28.6 Å². The lowest BCUT2D eigenvalue weighted by molar-refractivity contribution is 0.241. The van der Waals surface area contributed by atoms with E-state index in [2.05, 4.69) is 15.0 Å². The van der Waals surface area contributed by atoms with Gasteiger partial charge in [0.15, 0.2) is 15.5 Å². The van der Waals surface area contributed by atoms with E-state index in [0.29, 0.717) is 28.7 Å². The van der Waals surface area contributed by atoms with Crippen molar-refractivity contribution in [3.05, 3.63) is 60.8 Å². The van der Waals surface area contributed by atoms with E-state index in [9.17, 15) is 8.42 Å². The number of hydrogen-bond donors (Lipinski definition) is 1. The predicted octanol–water partition coefficient (Wildman–Crippen LogP) is 4.61. The molecule has 0 saturated carbocycles. The topological polar surface area (TPSA) is 94.2 Å². The second kappa shape index (κ2) is 7.79. The van der Waals surface area contributed by atoms with Crippen LogP contribution >= 0.6 is 0 Å². The van der Waals surface area contributed by atoms with Gasteiger partial charge in [-0.1, -0.05) is 0 Å². The van der Waals surface area contributed by atoms with Crippen LogP contribution in [0.4, 0.5) is 0 Å². The Bertz CT molecular complexity index is 1260. The smallest absolute Gasteiger partial charge is 0.178 e. The lowest BCUT2D eigenvalue weighted by atomic mass is 10.2. The van der Waals surface area contributed by atoms with Crippen LogP contribution in [0.15, 0.2) is 65.7 Å². The molecule has 8 heteroatoms. The largest absolute Gasteiger partial charge is 0.491 e. The van der Waals surface area contributed by atoms with E-state index in [1.807, 2.05) is 38.1 Å². The molecule has 0 amide bonds. The van der Waals surface area contributed by atoms with E-state index >= 15 is 0 Å². The number of fused-ring (bicyclic) bond motifs is 1. The molecular weight excluding hydrogens is 402 g/mol. The van der Waals surface area contributed by atoms with Crippen LogP contribution in [0.2, 0.25) is 0 Å². The highest BCUT2D eigenvalue weighted by Crippen LogP contribution is 2.33. The van der Waals surface area contributed by atoms with E-state index in [1.165, 1.54) is 18.4 Å². The van der Waals surface area contributed by atoms with Gasteiger partial charge in [0.25, 0.3) is 0 Å². The second-order valence-electron chi connectivity index (χ2n) is 7.17. The highest BCUT2D eigenvalue weighted by Gasteiger charge is 2.12. The number of benzene rings is 2. The first kappa shape index (κ1) is 19.9. The monoisotopic (exact) mass is 423 g/mol. The number of rotatable bonds is 6. The Hall–Kier alpha value is -3.39. The minimum absolute atomic E-state index is 0.0144. The molecule has 30 heavy (non-hydrogen) atoms. The van der Waals surface area contributed by atoms with Gasteiger partial charge in [0.2, 0.25) is 0 Å². The maximum atomic E-state index is 11.7. The lowest BCUT2D eigenvalue weighted by Crippen LogP contribution is -2.05. The van der Waals surface area contributed by atoms with E-state index in [-0.39, 0.29) is 11.0 Å². The number of sulfone groups is 1. The van der Waals surface area contributed by atoms with Crippen molar-refractivity contribution in [2.24, 2.45) is 0 Å². The molecule has 4 rings (SSSR count). The molecule has 7 nitrogen and oxygen atoms in total. The van der Waals surface area contributed by atoms with Crippen LogP contribution in [0.5, 0.6) is 17.2 Å². The van der Waals surface area contributed by atoms with Gasteiger partial charge in [-0.05, 0) is 62.4 Å². The van der Waals surface area contributed by atoms with Crippen molar-refractivity contribution in [3.63, 3.8) is 0 Å². The molecule has 0 radical (unpaired) electrons. The Morgan fingerprint density at radius 1 is 0.967 bits per heavy atom. The molecule has 0 spiro atoms. The van der Waals surface area contributed by atoms with Gasteiger partial charge in [0, 0.05) is 24.1 Å². The third kappa shape index (κ3) is 4.44. The van der Waals surface area contributed by atoms with Gasteiger partial charge < -0.3 is 14.5 Å². The molecule has 2 aromatic heterocycles. The zero-order valence-corrected chi connectivity index (χ0v) is 17.6. The van der Waals surface area contributed by atoms with Crippen molar-refractivity contribution < 1.29 is 17.9 Å². The van der Waals surface area contributed by atoms with Crippen LogP contribution in [0.1, 0.15) is 13.8 Å². The Kier molecular flexibility index (Phi) is 5.17. The SMILES string of the molecule is CC(C)Oc1cc(Oc2ccc(S(C)(=O)=O)cc2)cc(-c2nc3ncccc3[nH]2)c1. The van der Waals surface area contributed by atoms with Crippen LogP contribution in [-0.2, 0) is 9.84 Å². The first-order chi connectivity index (χ1) is 14.3. The summed E-state index contributed by atoms with van der Waals surface area (Å²) in [5.74, 6) is 2.35. The van der Waals surface area contributed by atoms with Gasteiger partial charge in [-0.3, -0.25) is 0 Å². The van der Waals surface area contributed by atoms with Gasteiger partial charge >= 0.3 is 0 Å². The zero-order valence-electron chi connectivity index (χ0n) is 16.8. The molecule has 0 aliphatic rings. The molecule has 0 saturated heterocycles. The van der Waals surface area contributed by atoms with E-state index in [4.69, 9.17) is 9.47 Å². The lowest BCUT2D eigenvalue weighted by Gasteiger charge is -2.13. The molecule has 2 aromatic carbocycles. The fourth-order valence-corrected chi connectivity index (χ4v) is 3.61. The first-order valence-electron chi connectivity index (χ1n) is 9.39. The molecule has 4 aromatic rings. The van der Waals surface area contributed by atoms with Crippen molar-refractivity contribution in [1.29, 1.82) is 0 Å². The summed E-state index contributed by atoms with van der Waals surface area (Å²) in [4.78, 5) is 12.3. The van der Waals surface area contributed by atoms with Gasteiger partial charge in [-0.2, -0.15) is 0 Å². The van der Waals surface area contributed by atoms with Gasteiger partial charge in [-0.25, -0.2) is 18.4 Å². The number of ether oxygens (including phenoxy) is 2. The molecule has 1 N–H and O–H groups in total. The van der Waals surface area contributed by atoms with Crippen molar-refractivity contribution in [2.45, 2.75) is 24.8 Å². The number of aromatic nitrogens is 3. The summed E-state index contributed by atoms with van der Waals surface area (Å²) in [6, 6.07) is 15.6. The number of nitrogens with zero attached hydrogens (tertiary/aromatic N) is 2. The molecule has 0 aliphatic heterocycles.